The van der Waals surface area contributed by atoms with Crippen LogP contribution in [0.25, 0.3) is 5.57 Å². The van der Waals surface area contributed by atoms with Crippen LogP contribution in [0.1, 0.15) is 11.1 Å². The van der Waals surface area contributed by atoms with Crippen molar-refractivity contribution in [3.8, 4) is 0 Å². The van der Waals surface area contributed by atoms with Crippen LogP contribution >= 0.6 is 46.6 Å². The van der Waals surface area contributed by atoms with Crippen LogP contribution in [0.15, 0.2) is 70.5 Å². The molecule has 0 spiro atoms. The number of carbonyl (C=O) groups is 3. The van der Waals surface area contributed by atoms with Crippen molar-refractivity contribution in [2.75, 3.05) is 9.62 Å². The molecule has 3 amide bonds. The van der Waals surface area contributed by atoms with E-state index in [9.17, 15) is 22.8 Å². The Hall–Kier alpha value is -3.02. The standard InChI is InChI=1S/C24H14Cl3N3O5S2/c25-12-4-6-13(7-5-12)29-37(34,35)14-8-9-19-15(10-14)20(21-22(31)28-24(33)36-21)23(32)30(19)11-16-17(26)2-1-3-18(16)27/h1-10,29H,11H2,(H,28,31,33). The Bertz CT molecular complexity index is 1620. The maximum Gasteiger partial charge on any atom is 0.290 e. The molecule has 3 aromatic carbocycles. The lowest BCUT2D eigenvalue weighted by atomic mass is 10.1. The van der Waals surface area contributed by atoms with Crippen LogP contribution in [0.3, 0.4) is 0 Å². The molecular weight excluding hydrogens is 581 g/mol. The van der Waals surface area contributed by atoms with Gasteiger partial charge in [0.05, 0.1) is 27.6 Å². The van der Waals surface area contributed by atoms with Crippen LogP contribution in [-0.4, -0.2) is 25.5 Å². The summed E-state index contributed by atoms with van der Waals surface area (Å²) in [7, 11) is -4.09. The first-order valence-electron chi connectivity index (χ1n) is 10.5. The predicted molar refractivity (Wildman–Crippen MR) is 144 cm³/mol. The minimum absolute atomic E-state index is 0.0452. The summed E-state index contributed by atoms with van der Waals surface area (Å²) in [5.74, 6) is -1.34. The van der Waals surface area contributed by atoms with E-state index in [4.69, 9.17) is 34.8 Å². The number of hydrogen-bond donors (Lipinski definition) is 2. The summed E-state index contributed by atoms with van der Waals surface area (Å²) < 4.78 is 28.7. The van der Waals surface area contributed by atoms with Crippen molar-refractivity contribution >= 4 is 90.6 Å². The summed E-state index contributed by atoms with van der Waals surface area (Å²) >= 11 is 19.1. The molecule has 0 atom stereocenters. The number of nitrogens with one attached hydrogen (secondary N) is 2. The normalized spacial score (nSPS) is 17.3. The first-order chi connectivity index (χ1) is 17.5. The van der Waals surface area contributed by atoms with Crippen LogP contribution < -0.4 is 14.9 Å². The van der Waals surface area contributed by atoms with E-state index in [1.807, 2.05) is 0 Å². The van der Waals surface area contributed by atoms with E-state index >= 15 is 0 Å². The Balaban J connectivity index is 1.62. The maximum absolute atomic E-state index is 13.6. The summed E-state index contributed by atoms with van der Waals surface area (Å²) in [6.07, 6.45) is 0. The summed E-state index contributed by atoms with van der Waals surface area (Å²) in [4.78, 5) is 39.0. The van der Waals surface area contributed by atoms with Crippen molar-refractivity contribution < 1.29 is 22.8 Å². The van der Waals surface area contributed by atoms with Crippen LogP contribution in [0, 0.1) is 0 Å². The highest BCUT2D eigenvalue weighted by atomic mass is 35.5. The SMILES string of the molecule is O=C1NC(=O)C(=C2C(=O)N(Cc3c(Cl)cccc3Cl)c3ccc(S(=O)(=O)Nc4ccc(Cl)cc4)cc32)S1. The highest BCUT2D eigenvalue weighted by Gasteiger charge is 2.41. The molecule has 2 heterocycles. The second-order valence-electron chi connectivity index (χ2n) is 7.93. The topological polar surface area (TPSA) is 113 Å². The molecule has 2 N–H and O–H groups in total. The number of nitrogens with zero attached hydrogens (tertiary/aromatic N) is 1. The number of hydrogen-bond acceptors (Lipinski definition) is 6. The number of carbonyl (C=O) groups excluding carboxylic acids is 3. The lowest BCUT2D eigenvalue weighted by Gasteiger charge is -2.19. The van der Waals surface area contributed by atoms with Gasteiger partial charge in [-0.1, -0.05) is 40.9 Å². The molecule has 188 valence electrons. The lowest BCUT2D eigenvalue weighted by Crippen LogP contribution is -2.27. The van der Waals surface area contributed by atoms with E-state index in [1.165, 1.54) is 47.4 Å². The maximum atomic E-state index is 13.6. The molecule has 1 fully saturated rings. The summed E-state index contributed by atoms with van der Waals surface area (Å²) in [6, 6.07) is 15.1. The molecule has 13 heteroatoms. The van der Waals surface area contributed by atoms with Gasteiger partial charge in [-0.15, -0.1) is 0 Å². The lowest BCUT2D eigenvalue weighted by molar-refractivity contribution is -0.116. The van der Waals surface area contributed by atoms with Crippen molar-refractivity contribution in [2.24, 2.45) is 0 Å². The van der Waals surface area contributed by atoms with E-state index in [0.717, 1.165) is 0 Å². The number of fused-ring (bicyclic) bond motifs is 1. The van der Waals surface area contributed by atoms with Gasteiger partial charge in [0.1, 0.15) is 0 Å². The quantitative estimate of drug-likeness (QED) is 0.367. The monoisotopic (exact) mass is 593 g/mol. The number of amides is 3. The van der Waals surface area contributed by atoms with E-state index in [2.05, 4.69) is 10.0 Å². The molecule has 0 bridgehead atoms. The van der Waals surface area contributed by atoms with Gasteiger partial charge in [-0.25, -0.2) is 8.42 Å². The third-order valence-corrected chi connectivity index (χ3v) is 8.84. The van der Waals surface area contributed by atoms with Crippen LogP contribution in [0.4, 0.5) is 16.2 Å². The van der Waals surface area contributed by atoms with Crippen molar-refractivity contribution in [1.82, 2.24) is 5.32 Å². The van der Waals surface area contributed by atoms with Crippen LogP contribution in [0.2, 0.25) is 15.1 Å². The van der Waals surface area contributed by atoms with Gasteiger partial charge >= 0.3 is 0 Å². The third kappa shape index (κ3) is 4.83. The van der Waals surface area contributed by atoms with Gasteiger partial charge in [0.15, 0.2) is 0 Å². The first kappa shape index (κ1) is 25.6. The van der Waals surface area contributed by atoms with Crippen molar-refractivity contribution in [1.29, 1.82) is 0 Å². The molecule has 3 aromatic rings. The summed E-state index contributed by atoms with van der Waals surface area (Å²) in [6.45, 7) is -0.0452. The molecule has 1 saturated heterocycles. The van der Waals surface area contributed by atoms with E-state index in [0.29, 0.717) is 38.1 Å². The Morgan fingerprint density at radius 1 is 0.919 bits per heavy atom. The second-order valence-corrected chi connectivity index (χ2v) is 11.8. The Labute approximate surface area is 230 Å². The summed E-state index contributed by atoms with van der Waals surface area (Å²) in [5, 5.41) is 2.60. The van der Waals surface area contributed by atoms with Crippen LogP contribution in [0.5, 0.6) is 0 Å². The molecule has 37 heavy (non-hydrogen) atoms. The van der Waals surface area contributed by atoms with Gasteiger partial charge in [0.25, 0.3) is 27.1 Å². The number of thioether (sulfide) groups is 1. The van der Waals surface area contributed by atoms with E-state index in [-0.39, 0.29) is 33.2 Å². The van der Waals surface area contributed by atoms with E-state index < -0.39 is 27.1 Å². The van der Waals surface area contributed by atoms with E-state index in [1.54, 1.807) is 18.2 Å². The zero-order valence-electron chi connectivity index (χ0n) is 18.4. The van der Waals surface area contributed by atoms with Gasteiger partial charge < -0.3 is 4.90 Å². The number of rotatable bonds is 5. The fourth-order valence-electron chi connectivity index (χ4n) is 3.91. The molecule has 8 nitrogen and oxygen atoms in total. The number of sulfonamides is 1. The third-order valence-electron chi connectivity index (χ3n) is 5.62. The molecule has 5 rings (SSSR count). The number of benzene rings is 3. The first-order valence-corrected chi connectivity index (χ1v) is 13.9. The zero-order valence-corrected chi connectivity index (χ0v) is 22.3. The summed E-state index contributed by atoms with van der Waals surface area (Å²) in [5.41, 5.74) is 1.18. The average Bonchev–Trinajstić information content (AvgIpc) is 3.31. The Kier molecular flexibility index (Phi) is 6.71. The molecule has 0 radical (unpaired) electrons. The zero-order chi connectivity index (χ0) is 26.5. The van der Waals surface area contributed by atoms with Crippen molar-refractivity contribution in [2.45, 2.75) is 11.4 Å². The number of imide groups is 1. The molecule has 0 unspecified atom stereocenters. The average molecular weight is 595 g/mol. The largest absolute Gasteiger partial charge is 0.303 e. The van der Waals surface area contributed by atoms with Gasteiger partial charge in [0.2, 0.25) is 0 Å². The number of halogens is 3. The van der Waals surface area contributed by atoms with Crippen molar-refractivity contribution in [3.05, 3.63) is 91.8 Å². The molecule has 0 aromatic heterocycles. The molecule has 0 saturated carbocycles. The Morgan fingerprint density at radius 3 is 2.22 bits per heavy atom. The molecular formula is C24H14Cl3N3O5S2. The highest BCUT2D eigenvalue weighted by Crippen LogP contribution is 2.45. The van der Waals surface area contributed by atoms with Gasteiger partial charge in [-0.2, -0.15) is 0 Å². The van der Waals surface area contributed by atoms with Gasteiger partial charge in [0, 0.05) is 31.9 Å². The predicted octanol–water partition coefficient (Wildman–Crippen LogP) is 5.69. The van der Waals surface area contributed by atoms with Crippen LogP contribution in [-0.2, 0) is 26.2 Å². The van der Waals surface area contributed by atoms with Gasteiger partial charge in [-0.05, 0) is 66.4 Å². The molecule has 2 aliphatic heterocycles. The molecule has 0 aliphatic carbocycles. The fourth-order valence-corrected chi connectivity index (χ4v) is 6.41. The highest BCUT2D eigenvalue weighted by molar-refractivity contribution is 8.18. The fraction of sp³-hybridized carbons (Fsp3) is 0.0417. The Morgan fingerprint density at radius 2 is 1.59 bits per heavy atom. The van der Waals surface area contributed by atoms with Gasteiger partial charge in [-0.3, -0.25) is 24.4 Å². The minimum Gasteiger partial charge on any atom is -0.303 e. The smallest absolute Gasteiger partial charge is 0.290 e. The second kappa shape index (κ2) is 9.70. The number of anilines is 2. The molecule has 2 aliphatic rings. The van der Waals surface area contributed by atoms with Crippen molar-refractivity contribution in [3.63, 3.8) is 0 Å². The minimum atomic E-state index is -4.09.